The van der Waals surface area contributed by atoms with E-state index in [1.54, 1.807) is 11.3 Å². The molecule has 1 heterocycles. The van der Waals surface area contributed by atoms with Crippen LogP contribution >= 0.6 is 11.3 Å². The number of aromatic nitrogens is 1. The van der Waals surface area contributed by atoms with Crippen LogP contribution in [0.2, 0.25) is 0 Å². The van der Waals surface area contributed by atoms with Gasteiger partial charge in [-0.15, -0.1) is 11.3 Å². The minimum absolute atomic E-state index is 0.676. The first-order valence-corrected chi connectivity index (χ1v) is 7.42. The Kier molecular flexibility index (Phi) is 2.70. The van der Waals surface area contributed by atoms with Gasteiger partial charge in [0.2, 0.25) is 0 Å². The normalized spacial score (nSPS) is 10.8. The van der Waals surface area contributed by atoms with Crippen LogP contribution in [0.25, 0.3) is 36.4 Å². The minimum atomic E-state index is 0.676. The van der Waals surface area contributed by atoms with Crippen molar-refractivity contribution in [1.29, 1.82) is 0 Å². The number of rotatable bonds is 1. The van der Waals surface area contributed by atoms with Gasteiger partial charge in [0.25, 0.3) is 0 Å². The maximum Gasteiger partial charge on any atom is 0.187 e. The van der Waals surface area contributed by atoms with Gasteiger partial charge in [0, 0.05) is 5.56 Å². The van der Waals surface area contributed by atoms with Gasteiger partial charge >= 0.3 is 0 Å². The van der Waals surface area contributed by atoms with Crippen molar-refractivity contribution >= 4 is 38.0 Å². The first-order valence-electron chi connectivity index (χ1n) is 6.61. The third kappa shape index (κ3) is 2.06. The first-order chi connectivity index (χ1) is 10.3. The molecule has 0 amide bonds. The maximum absolute atomic E-state index is 7.07. The molecule has 0 unspecified atom stereocenters. The monoisotopic (exact) mass is 286 g/mol. The lowest BCUT2D eigenvalue weighted by Gasteiger charge is -2.01. The van der Waals surface area contributed by atoms with E-state index in [-0.39, 0.29) is 0 Å². The summed E-state index contributed by atoms with van der Waals surface area (Å²) in [5.41, 5.74) is 2.84. The smallest absolute Gasteiger partial charge is 0.187 e. The van der Waals surface area contributed by atoms with Gasteiger partial charge in [-0.1, -0.05) is 36.4 Å². The molecule has 0 saturated carbocycles. The highest BCUT2D eigenvalue weighted by molar-refractivity contribution is 7.21. The summed E-state index contributed by atoms with van der Waals surface area (Å²) in [4.78, 5) is 8.16. The molecule has 0 spiro atoms. The number of fused-ring (bicyclic) bond motifs is 2. The van der Waals surface area contributed by atoms with Crippen LogP contribution in [0.5, 0.6) is 0 Å². The molecular formula is C18H10N2S. The van der Waals surface area contributed by atoms with Crippen molar-refractivity contribution in [2.45, 2.75) is 0 Å². The van der Waals surface area contributed by atoms with Gasteiger partial charge < -0.3 is 0 Å². The van der Waals surface area contributed by atoms with Crippen molar-refractivity contribution in [1.82, 2.24) is 4.98 Å². The Morgan fingerprint density at radius 2 is 1.71 bits per heavy atom. The Hall–Kier alpha value is -2.70. The molecule has 0 fully saturated rings. The topological polar surface area (TPSA) is 17.2 Å². The van der Waals surface area contributed by atoms with Crippen molar-refractivity contribution in [2.75, 3.05) is 0 Å². The van der Waals surface area contributed by atoms with Crippen molar-refractivity contribution in [3.8, 4) is 10.6 Å². The summed E-state index contributed by atoms with van der Waals surface area (Å²) in [6.45, 7) is 7.07. The number of benzene rings is 3. The molecule has 3 aromatic carbocycles. The summed E-state index contributed by atoms with van der Waals surface area (Å²) in [6, 6.07) is 20.2. The van der Waals surface area contributed by atoms with E-state index in [1.165, 1.54) is 4.70 Å². The highest BCUT2D eigenvalue weighted by atomic mass is 32.1. The maximum atomic E-state index is 7.07. The van der Waals surface area contributed by atoms with Crippen LogP contribution in [-0.2, 0) is 0 Å². The summed E-state index contributed by atoms with van der Waals surface area (Å²) in [6.07, 6.45) is 0. The van der Waals surface area contributed by atoms with E-state index in [9.17, 15) is 0 Å². The number of thiazole rings is 1. The Bertz CT molecular complexity index is 976. The van der Waals surface area contributed by atoms with Crippen LogP contribution in [0, 0.1) is 6.57 Å². The van der Waals surface area contributed by atoms with Gasteiger partial charge in [-0.3, -0.25) is 0 Å². The van der Waals surface area contributed by atoms with Crippen LogP contribution in [-0.4, -0.2) is 4.98 Å². The van der Waals surface area contributed by atoms with E-state index in [1.807, 2.05) is 36.4 Å². The fraction of sp³-hybridized carbons (Fsp3) is 0. The summed E-state index contributed by atoms with van der Waals surface area (Å²) >= 11 is 1.71. The average molecular weight is 286 g/mol. The fourth-order valence-corrected chi connectivity index (χ4v) is 3.39. The quantitative estimate of drug-likeness (QED) is 0.412. The molecular weight excluding hydrogens is 276 g/mol. The number of nitrogens with zero attached hydrogens (tertiary/aromatic N) is 2. The van der Waals surface area contributed by atoms with Crippen LogP contribution in [0.1, 0.15) is 0 Å². The molecule has 0 aliphatic heterocycles. The number of hydrogen-bond donors (Lipinski definition) is 0. The van der Waals surface area contributed by atoms with Crippen LogP contribution in [0.4, 0.5) is 5.69 Å². The molecule has 0 bridgehead atoms. The Labute approximate surface area is 126 Å². The largest absolute Gasteiger partial charge is 0.238 e. The molecule has 4 rings (SSSR count). The van der Waals surface area contributed by atoms with E-state index >= 15 is 0 Å². The highest BCUT2D eigenvalue weighted by Crippen LogP contribution is 2.32. The SMILES string of the molecule is [C-]#[N+]c1ccc2cc(-c3nc4ccccc4s3)ccc2c1. The second-order valence-electron chi connectivity index (χ2n) is 4.84. The summed E-state index contributed by atoms with van der Waals surface area (Å²) < 4.78 is 1.20. The molecule has 2 nitrogen and oxygen atoms in total. The Morgan fingerprint density at radius 3 is 2.57 bits per heavy atom. The lowest BCUT2D eigenvalue weighted by atomic mass is 10.1. The molecule has 98 valence electrons. The van der Waals surface area contributed by atoms with Gasteiger partial charge in [-0.25, -0.2) is 9.83 Å². The molecule has 0 atom stereocenters. The minimum Gasteiger partial charge on any atom is -0.238 e. The van der Waals surface area contributed by atoms with E-state index in [2.05, 4.69) is 29.1 Å². The van der Waals surface area contributed by atoms with Crippen LogP contribution in [0.3, 0.4) is 0 Å². The fourth-order valence-electron chi connectivity index (χ4n) is 2.43. The van der Waals surface area contributed by atoms with Gasteiger partial charge in [-0.2, -0.15) is 0 Å². The van der Waals surface area contributed by atoms with Crippen molar-refractivity contribution in [3.63, 3.8) is 0 Å². The molecule has 1 aromatic heterocycles. The predicted molar refractivity (Wildman–Crippen MR) is 88.8 cm³/mol. The van der Waals surface area contributed by atoms with E-state index in [0.29, 0.717) is 5.69 Å². The first kappa shape index (κ1) is 12.1. The predicted octanol–water partition coefficient (Wildman–Crippen LogP) is 5.67. The van der Waals surface area contributed by atoms with Crippen molar-refractivity contribution < 1.29 is 0 Å². The number of para-hydroxylation sites is 1. The average Bonchev–Trinajstić information content (AvgIpc) is 2.98. The number of hydrogen-bond acceptors (Lipinski definition) is 2. The molecule has 0 saturated heterocycles. The Morgan fingerprint density at radius 1 is 0.905 bits per heavy atom. The lowest BCUT2D eigenvalue weighted by Crippen LogP contribution is -1.77. The Balaban J connectivity index is 1.88. The zero-order valence-corrected chi connectivity index (χ0v) is 11.9. The summed E-state index contributed by atoms with van der Waals surface area (Å²) in [5.74, 6) is 0. The van der Waals surface area contributed by atoms with Crippen molar-refractivity contribution in [3.05, 3.63) is 72.1 Å². The molecule has 0 aliphatic carbocycles. The molecule has 0 aliphatic rings. The zero-order chi connectivity index (χ0) is 14.2. The van der Waals surface area contributed by atoms with Gasteiger partial charge in [0.1, 0.15) is 5.01 Å². The third-order valence-electron chi connectivity index (χ3n) is 3.49. The second kappa shape index (κ2) is 4.69. The van der Waals surface area contributed by atoms with Gasteiger partial charge in [0.05, 0.1) is 16.8 Å². The van der Waals surface area contributed by atoms with Crippen molar-refractivity contribution in [2.24, 2.45) is 0 Å². The lowest BCUT2D eigenvalue weighted by molar-refractivity contribution is 1.48. The van der Waals surface area contributed by atoms with E-state index in [4.69, 9.17) is 11.6 Å². The molecule has 21 heavy (non-hydrogen) atoms. The van der Waals surface area contributed by atoms with Gasteiger partial charge in [-0.05, 0) is 35.0 Å². The van der Waals surface area contributed by atoms with Crippen LogP contribution in [0.15, 0.2) is 60.7 Å². The zero-order valence-electron chi connectivity index (χ0n) is 11.1. The van der Waals surface area contributed by atoms with Crippen LogP contribution < -0.4 is 0 Å². The van der Waals surface area contributed by atoms with Gasteiger partial charge in [0.15, 0.2) is 5.69 Å². The molecule has 4 aromatic rings. The second-order valence-corrected chi connectivity index (χ2v) is 5.88. The van der Waals surface area contributed by atoms with E-state index in [0.717, 1.165) is 26.9 Å². The standard InChI is InChI=1S/C18H10N2S/c1-19-15-9-8-12-10-14(7-6-13(12)11-15)18-20-16-4-2-3-5-17(16)21-18/h2-11H. The molecule has 0 radical (unpaired) electrons. The summed E-state index contributed by atoms with van der Waals surface area (Å²) in [7, 11) is 0. The van der Waals surface area contributed by atoms with E-state index < -0.39 is 0 Å². The molecule has 3 heteroatoms. The third-order valence-corrected chi connectivity index (χ3v) is 4.58. The highest BCUT2D eigenvalue weighted by Gasteiger charge is 2.06. The summed E-state index contributed by atoms with van der Waals surface area (Å²) in [5, 5.41) is 3.26. The molecule has 0 N–H and O–H groups in total.